The maximum absolute atomic E-state index is 7.28. The number of aromatic nitrogens is 1. The molecule has 0 bridgehead atoms. The molecule has 0 aliphatic heterocycles. The standard InChI is InChI=1S/C13H13N3OS/c1-18-11-5-3-2-4-10(11)17-12-7-6-9(8-16-12)13(14)15/h2-8H,1H3,(H3,14,15). The van der Waals surface area contributed by atoms with Gasteiger partial charge in [0.15, 0.2) is 0 Å². The lowest BCUT2D eigenvalue weighted by molar-refractivity contribution is 0.452. The summed E-state index contributed by atoms with van der Waals surface area (Å²) in [7, 11) is 0. The van der Waals surface area contributed by atoms with Gasteiger partial charge in [-0.25, -0.2) is 4.98 Å². The van der Waals surface area contributed by atoms with Crippen molar-refractivity contribution in [1.82, 2.24) is 4.98 Å². The summed E-state index contributed by atoms with van der Waals surface area (Å²) in [5, 5.41) is 7.28. The Bertz CT molecular complexity index is 554. The summed E-state index contributed by atoms with van der Waals surface area (Å²) in [4.78, 5) is 5.17. The van der Waals surface area contributed by atoms with E-state index in [1.807, 2.05) is 30.5 Å². The molecule has 0 amide bonds. The molecular formula is C13H13N3OS. The molecule has 92 valence electrons. The quantitative estimate of drug-likeness (QED) is 0.503. The number of nitrogens with two attached hydrogens (primary N) is 1. The molecule has 0 unspecified atom stereocenters. The van der Waals surface area contributed by atoms with E-state index in [-0.39, 0.29) is 5.84 Å². The first-order valence-corrected chi connectivity index (χ1v) is 6.54. The zero-order valence-electron chi connectivity index (χ0n) is 9.88. The van der Waals surface area contributed by atoms with Crippen LogP contribution in [-0.4, -0.2) is 17.1 Å². The van der Waals surface area contributed by atoms with Crippen LogP contribution >= 0.6 is 11.8 Å². The number of hydrogen-bond donors (Lipinski definition) is 2. The average molecular weight is 259 g/mol. The lowest BCUT2D eigenvalue weighted by atomic mass is 10.3. The molecule has 5 heteroatoms. The number of hydrogen-bond acceptors (Lipinski definition) is 4. The van der Waals surface area contributed by atoms with Gasteiger partial charge in [0.05, 0.1) is 0 Å². The predicted octanol–water partition coefficient (Wildman–Crippen LogP) is 2.88. The van der Waals surface area contributed by atoms with E-state index in [2.05, 4.69) is 4.98 Å². The summed E-state index contributed by atoms with van der Waals surface area (Å²) in [6.07, 6.45) is 3.52. The van der Waals surface area contributed by atoms with Crippen LogP contribution in [-0.2, 0) is 0 Å². The molecule has 0 aliphatic carbocycles. The minimum Gasteiger partial charge on any atom is -0.438 e. The van der Waals surface area contributed by atoms with Crippen molar-refractivity contribution >= 4 is 17.6 Å². The fourth-order valence-electron chi connectivity index (χ4n) is 1.42. The lowest BCUT2D eigenvalue weighted by Crippen LogP contribution is -2.11. The summed E-state index contributed by atoms with van der Waals surface area (Å²) < 4.78 is 5.69. The highest BCUT2D eigenvalue weighted by Gasteiger charge is 2.04. The molecule has 3 N–H and O–H groups in total. The van der Waals surface area contributed by atoms with Crippen molar-refractivity contribution < 1.29 is 4.74 Å². The van der Waals surface area contributed by atoms with E-state index >= 15 is 0 Å². The van der Waals surface area contributed by atoms with Gasteiger partial charge in [0.2, 0.25) is 5.88 Å². The highest BCUT2D eigenvalue weighted by Crippen LogP contribution is 2.30. The lowest BCUT2D eigenvalue weighted by Gasteiger charge is -2.08. The largest absolute Gasteiger partial charge is 0.438 e. The van der Waals surface area contributed by atoms with Gasteiger partial charge in [0.25, 0.3) is 0 Å². The maximum atomic E-state index is 7.28. The fraction of sp³-hybridized carbons (Fsp3) is 0.0769. The molecule has 1 aromatic heterocycles. The summed E-state index contributed by atoms with van der Waals surface area (Å²) in [6, 6.07) is 11.2. The molecule has 0 saturated heterocycles. The van der Waals surface area contributed by atoms with E-state index < -0.39 is 0 Å². The Kier molecular flexibility index (Phi) is 3.84. The molecule has 4 nitrogen and oxygen atoms in total. The van der Waals surface area contributed by atoms with Gasteiger partial charge in [-0.05, 0) is 24.5 Å². The number of thioether (sulfide) groups is 1. The number of benzene rings is 1. The highest BCUT2D eigenvalue weighted by molar-refractivity contribution is 7.98. The van der Waals surface area contributed by atoms with Gasteiger partial charge in [0.1, 0.15) is 11.6 Å². The number of para-hydroxylation sites is 1. The number of amidine groups is 1. The van der Waals surface area contributed by atoms with Gasteiger partial charge in [-0.2, -0.15) is 0 Å². The zero-order valence-corrected chi connectivity index (χ0v) is 10.7. The van der Waals surface area contributed by atoms with E-state index in [1.165, 1.54) is 6.20 Å². The molecule has 2 rings (SSSR count). The predicted molar refractivity (Wildman–Crippen MR) is 73.6 cm³/mol. The van der Waals surface area contributed by atoms with E-state index in [0.29, 0.717) is 11.4 Å². The van der Waals surface area contributed by atoms with E-state index in [4.69, 9.17) is 15.9 Å². The Morgan fingerprint density at radius 1 is 1.28 bits per heavy atom. The van der Waals surface area contributed by atoms with Crippen LogP contribution in [0.25, 0.3) is 0 Å². The second-order valence-corrected chi connectivity index (χ2v) is 4.40. The number of nitrogen functional groups attached to an aromatic ring is 1. The molecule has 1 aromatic carbocycles. The first-order chi connectivity index (χ1) is 8.70. The summed E-state index contributed by atoms with van der Waals surface area (Å²) in [5.41, 5.74) is 5.94. The van der Waals surface area contributed by atoms with Gasteiger partial charge >= 0.3 is 0 Å². The van der Waals surface area contributed by atoms with Crippen molar-refractivity contribution in [3.63, 3.8) is 0 Å². The molecule has 2 aromatic rings. The first kappa shape index (κ1) is 12.4. The van der Waals surface area contributed by atoms with Gasteiger partial charge in [-0.15, -0.1) is 11.8 Å². The van der Waals surface area contributed by atoms with Crippen LogP contribution in [0, 0.1) is 5.41 Å². The van der Waals surface area contributed by atoms with Crippen molar-refractivity contribution in [1.29, 1.82) is 5.41 Å². The van der Waals surface area contributed by atoms with Crippen molar-refractivity contribution in [3.8, 4) is 11.6 Å². The van der Waals surface area contributed by atoms with E-state index in [9.17, 15) is 0 Å². The molecule has 0 fully saturated rings. The van der Waals surface area contributed by atoms with E-state index in [1.54, 1.807) is 23.9 Å². The summed E-state index contributed by atoms with van der Waals surface area (Å²) in [6.45, 7) is 0. The molecular weight excluding hydrogens is 246 g/mol. The Balaban J connectivity index is 2.21. The van der Waals surface area contributed by atoms with Crippen molar-refractivity contribution in [2.24, 2.45) is 5.73 Å². The van der Waals surface area contributed by atoms with Crippen LogP contribution < -0.4 is 10.5 Å². The molecule has 1 heterocycles. The third kappa shape index (κ3) is 2.81. The second-order valence-electron chi connectivity index (χ2n) is 3.55. The fourth-order valence-corrected chi connectivity index (χ4v) is 1.94. The number of nitrogens with zero attached hydrogens (tertiary/aromatic N) is 1. The highest BCUT2D eigenvalue weighted by atomic mass is 32.2. The van der Waals surface area contributed by atoms with Crippen LogP contribution in [0.15, 0.2) is 47.5 Å². The van der Waals surface area contributed by atoms with E-state index in [0.717, 1.165) is 10.6 Å². The second kappa shape index (κ2) is 5.55. The molecule has 0 radical (unpaired) electrons. The van der Waals surface area contributed by atoms with Crippen molar-refractivity contribution in [3.05, 3.63) is 48.2 Å². The number of nitrogens with one attached hydrogen (secondary N) is 1. The molecule has 0 atom stereocenters. The Morgan fingerprint density at radius 2 is 2.06 bits per heavy atom. The molecule has 0 spiro atoms. The number of pyridine rings is 1. The molecule has 18 heavy (non-hydrogen) atoms. The first-order valence-electron chi connectivity index (χ1n) is 5.32. The monoisotopic (exact) mass is 259 g/mol. The van der Waals surface area contributed by atoms with Gasteiger partial charge in [-0.3, -0.25) is 5.41 Å². The number of rotatable bonds is 4. The third-order valence-electron chi connectivity index (χ3n) is 2.33. The van der Waals surface area contributed by atoms with Gasteiger partial charge < -0.3 is 10.5 Å². The minimum absolute atomic E-state index is 0.00133. The van der Waals surface area contributed by atoms with Gasteiger partial charge in [0, 0.05) is 22.7 Å². The van der Waals surface area contributed by atoms with Crippen LogP contribution in [0.4, 0.5) is 0 Å². The SMILES string of the molecule is CSc1ccccc1Oc1ccc(C(=N)N)cn1. The Morgan fingerprint density at radius 3 is 2.67 bits per heavy atom. The minimum atomic E-state index is -0.00133. The smallest absolute Gasteiger partial charge is 0.219 e. The maximum Gasteiger partial charge on any atom is 0.219 e. The average Bonchev–Trinajstić information content (AvgIpc) is 2.40. The van der Waals surface area contributed by atoms with Crippen molar-refractivity contribution in [2.45, 2.75) is 4.90 Å². The third-order valence-corrected chi connectivity index (χ3v) is 3.11. The van der Waals surface area contributed by atoms with Crippen molar-refractivity contribution in [2.75, 3.05) is 6.26 Å². The zero-order chi connectivity index (χ0) is 13.0. The topological polar surface area (TPSA) is 72.0 Å². The number of ether oxygens (including phenoxy) is 1. The summed E-state index contributed by atoms with van der Waals surface area (Å²) >= 11 is 1.62. The van der Waals surface area contributed by atoms with Gasteiger partial charge in [-0.1, -0.05) is 12.1 Å². The molecule has 0 aliphatic rings. The van der Waals surface area contributed by atoms with Crippen LogP contribution in [0.5, 0.6) is 11.6 Å². The van der Waals surface area contributed by atoms with Crippen LogP contribution in [0.1, 0.15) is 5.56 Å². The Hall–Kier alpha value is -2.01. The van der Waals surface area contributed by atoms with Crippen LogP contribution in [0.2, 0.25) is 0 Å². The summed E-state index contributed by atoms with van der Waals surface area (Å²) in [5.74, 6) is 1.26. The van der Waals surface area contributed by atoms with Crippen LogP contribution in [0.3, 0.4) is 0 Å². The normalized spacial score (nSPS) is 10.1. The molecule has 0 saturated carbocycles. The Labute approximate surface area is 110 Å².